The van der Waals surface area contributed by atoms with Crippen LogP contribution in [0.2, 0.25) is 0 Å². The van der Waals surface area contributed by atoms with Gasteiger partial charge in [0.05, 0.1) is 13.0 Å². The van der Waals surface area contributed by atoms with Crippen molar-refractivity contribution in [2.45, 2.75) is 13.8 Å². The number of ketones is 1. The molecule has 86 valence electrons. The third kappa shape index (κ3) is 2.69. The zero-order valence-electron chi connectivity index (χ0n) is 9.77. The van der Waals surface area contributed by atoms with Crippen molar-refractivity contribution in [3.63, 3.8) is 0 Å². The number of benzene rings is 1. The average Bonchev–Trinajstić information content (AvgIpc) is 2.36. The Hall–Kier alpha value is -1.64. The number of ether oxygens (including phenoxy) is 1. The number of carbonyl (C=O) groups excluding carboxylic acids is 2. The van der Waals surface area contributed by atoms with Gasteiger partial charge in [-0.15, -0.1) is 0 Å². The third-order valence-electron chi connectivity index (χ3n) is 2.79. The zero-order chi connectivity index (χ0) is 12.1. The summed E-state index contributed by atoms with van der Waals surface area (Å²) in [5.41, 5.74) is 0.630. The van der Waals surface area contributed by atoms with Gasteiger partial charge in [0, 0.05) is 11.5 Å². The highest BCUT2D eigenvalue weighted by atomic mass is 16.5. The van der Waals surface area contributed by atoms with Crippen LogP contribution in [0.1, 0.15) is 24.2 Å². The summed E-state index contributed by atoms with van der Waals surface area (Å²) in [5.74, 6) is -1.16. The van der Waals surface area contributed by atoms with Gasteiger partial charge in [-0.2, -0.15) is 0 Å². The van der Waals surface area contributed by atoms with Crippen molar-refractivity contribution in [3.05, 3.63) is 35.9 Å². The van der Waals surface area contributed by atoms with Crippen LogP contribution in [0.3, 0.4) is 0 Å². The quantitative estimate of drug-likeness (QED) is 0.577. The maximum absolute atomic E-state index is 12.0. The van der Waals surface area contributed by atoms with Gasteiger partial charge in [-0.3, -0.25) is 9.59 Å². The minimum atomic E-state index is -0.419. The van der Waals surface area contributed by atoms with Crippen molar-refractivity contribution >= 4 is 11.8 Å². The lowest BCUT2D eigenvalue weighted by atomic mass is 9.88. The van der Waals surface area contributed by atoms with Crippen molar-refractivity contribution in [3.8, 4) is 0 Å². The van der Waals surface area contributed by atoms with E-state index in [0.717, 1.165) is 0 Å². The Morgan fingerprint density at radius 2 is 1.62 bits per heavy atom. The van der Waals surface area contributed by atoms with Gasteiger partial charge in [0.25, 0.3) is 0 Å². The molecule has 0 saturated carbocycles. The molecule has 0 aliphatic carbocycles. The standard InChI is InChI=1S/C13H16O3/c1-9(10(2)13(15)16-3)12(14)11-7-5-4-6-8-11/h4-10H,1-3H3. The molecule has 0 fully saturated rings. The van der Waals surface area contributed by atoms with E-state index in [2.05, 4.69) is 4.74 Å². The first-order valence-electron chi connectivity index (χ1n) is 5.25. The molecular formula is C13H16O3. The van der Waals surface area contributed by atoms with Crippen LogP contribution in [0.15, 0.2) is 30.3 Å². The smallest absolute Gasteiger partial charge is 0.309 e. The fraction of sp³-hybridized carbons (Fsp3) is 0.385. The van der Waals surface area contributed by atoms with Gasteiger partial charge < -0.3 is 4.74 Å². The SMILES string of the molecule is COC(=O)C(C)C(C)C(=O)c1ccccc1. The molecule has 2 unspecified atom stereocenters. The molecule has 0 radical (unpaired) electrons. The van der Waals surface area contributed by atoms with Crippen molar-refractivity contribution in [1.29, 1.82) is 0 Å². The van der Waals surface area contributed by atoms with Crippen LogP contribution in [-0.4, -0.2) is 18.9 Å². The Morgan fingerprint density at radius 3 is 2.12 bits per heavy atom. The number of rotatable bonds is 4. The molecule has 16 heavy (non-hydrogen) atoms. The second-order valence-electron chi connectivity index (χ2n) is 3.83. The van der Waals surface area contributed by atoms with Crippen molar-refractivity contribution in [1.82, 2.24) is 0 Å². The van der Waals surface area contributed by atoms with E-state index in [4.69, 9.17) is 0 Å². The summed E-state index contributed by atoms with van der Waals surface area (Å²) in [5, 5.41) is 0. The summed E-state index contributed by atoms with van der Waals surface area (Å²) in [6.45, 7) is 3.45. The van der Waals surface area contributed by atoms with Gasteiger partial charge in [0.2, 0.25) is 0 Å². The molecule has 0 heterocycles. The Morgan fingerprint density at radius 1 is 1.06 bits per heavy atom. The summed E-state index contributed by atoms with van der Waals surface area (Å²) in [7, 11) is 1.33. The predicted octanol–water partition coefficient (Wildman–Crippen LogP) is 2.31. The number of methoxy groups -OCH3 is 1. The van der Waals surface area contributed by atoms with Crippen LogP contribution in [0, 0.1) is 11.8 Å². The lowest BCUT2D eigenvalue weighted by Crippen LogP contribution is -2.26. The third-order valence-corrected chi connectivity index (χ3v) is 2.79. The normalized spacial score (nSPS) is 13.9. The summed E-state index contributed by atoms with van der Waals surface area (Å²) in [6.07, 6.45) is 0. The molecule has 0 aliphatic heterocycles. The molecule has 0 aliphatic rings. The van der Waals surface area contributed by atoms with Gasteiger partial charge in [0.15, 0.2) is 5.78 Å². The minimum absolute atomic E-state index is 0.0292. The fourth-order valence-electron chi connectivity index (χ4n) is 1.48. The van der Waals surface area contributed by atoms with Gasteiger partial charge in [-0.25, -0.2) is 0 Å². The van der Waals surface area contributed by atoms with Gasteiger partial charge >= 0.3 is 5.97 Å². The molecule has 0 aromatic heterocycles. The van der Waals surface area contributed by atoms with E-state index < -0.39 is 5.92 Å². The van der Waals surface area contributed by atoms with Crippen LogP contribution in [-0.2, 0) is 9.53 Å². The molecule has 3 heteroatoms. The van der Waals surface area contributed by atoms with E-state index in [1.54, 1.807) is 26.0 Å². The second kappa shape index (κ2) is 5.45. The number of carbonyl (C=O) groups is 2. The molecule has 1 aromatic carbocycles. The Balaban J connectivity index is 2.79. The Labute approximate surface area is 95.4 Å². The molecule has 0 saturated heterocycles. The maximum atomic E-state index is 12.0. The molecule has 1 aromatic rings. The van der Waals surface area contributed by atoms with E-state index in [1.165, 1.54) is 7.11 Å². The van der Waals surface area contributed by atoms with Crippen LogP contribution in [0.25, 0.3) is 0 Å². The average molecular weight is 220 g/mol. The second-order valence-corrected chi connectivity index (χ2v) is 3.83. The lowest BCUT2D eigenvalue weighted by molar-refractivity contribution is -0.145. The number of Topliss-reactive ketones (excluding diaryl/α,β-unsaturated/α-hetero) is 1. The summed E-state index contributed by atoms with van der Waals surface area (Å²) < 4.78 is 4.63. The molecule has 2 atom stereocenters. The first-order valence-corrected chi connectivity index (χ1v) is 5.25. The number of esters is 1. The van der Waals surface area contributed by atoms with Gasteiger partial charge in [-0.1, -0.05) is 44.2 Å². The van der Waals surface area contributed by atoms with Gasteiger partial charge in [0.1, 0.15) is 0 Å². The topological polar surface area (TPSA) is 43.4 Å². The van der Waals surface area contributed by atoms with E-state index in [1.807, 2.05) is 18.2 Å². The van der Waals surface area contributed by atoms with Crippen molar-refractivity contribution in [2.75, 3.05) is 7.11 Å². The first kappa shape index (κ1) is 12.4. The van der Waals surface area contributed by atoms with Crippen LogP contribution < -0.4 is 0 Å². The Bertz CT molecular complexity index is 370. The van der Waals surface area contributed by atoms with E-state index >= 15 is 0 Å². The van der Waals surface area contributed by atoms with Crippen LogP contribution >= 0.6 is 0 Å². The van der Waals surface area contributed by atoms with Crippen molar-refractivity contribution in [2.24, 2.45) is 11.8 Å². The highest BCUT2D eigenvalue weighted by Gasteiger charge is 2.27. The molecule has 1 rings (SSSR count). The highest BCUT2D eigenvalue weighted by Crippen LogP contribution is 2.18. The predicted molar refractivity (Wildman–Crippen MR) is 61.1 cm³/mol. The van der Waals surface area contributed by atoms with Gasteiger partial charge in [-0.05, 0) is 0 Å². The van der Waals surface area contributed by atoms with Crippen LogP contribution in [0.5, 0.6) is 0 Å². The minimum Gasteiger partial charge on any atom is -0.469 e. The zero-order valence-corrected chi connectivity index (χ0v) is 9.77. The van der Waals surface area contributed by atoms with Crippen molar-refractivity contribution < 1.29 is 14.3 Å². The van der Waals surface area contributed by atoms with Crippen LogP contribution in [0.4, 0.5) is 0 Å². The molecule has 0 amide bonds. The summed E-state index contributed by atoms with van der Waals surface area (Å²) in [4.78, 5) is 23.3. The fourth-order valence-corrected chi connectivity index (χ4v) is 1.48. The number of hydrogen-bond acceptors (Lipinski definition) is 3. The molecule has 3 nitrogen and oxygen atoms in total. The molecule has 0 bridgehead atoms. The van der Waals surface area contributed by atoms with E-state index in [0.29, 0.717) is 5.56 Å². The molecular weight excluding hydrogens is 204 g/mol. The molecule has 0 spiro atoms. The first-order chi connectivity index (χ1) is 7.57. The highest BCUT2D eigenvalue weighted by molar-refractivity contribution is 5.99. The Kier molecular flexibility index (Phi) is 4.23. The lowest BCUT2D eigenvalue weighted by Gasteiger charge is -2.16. The largest absolute Gasteiger partial charge is 0.469 e. The van der Waals surface area contributed by atoms with E-state index in [9.17, 15) is 9.59 Å². The van der Waals surface area contributed by atoms with E-state index in [-0.39, 0.29) is 17.7 Å². The maximum Gasteiger partial charge on any atom is 0.309 e. The summed E-state index contributed by atoms with van der Waals surface area (Å²) in [6, 6.07) is 8.97. The monoisotopic (exact) mass is 220 g/mol. The number of hydrogen-bond donors (Lipinski definition) is 0. The molecule has 0 N–H and O–H groups in total. The summed E-state index contributed by atoms with van der Waals surface area (Å²) >= 11 is 0.